The van der Waals surface area contributed by atoms with Crippen LogP contribution in [0, 0.1) is 13.8 Å². The van der Waals surface area contributed by atoms with Gasteiger partial charge in [-0.2, -0.15) is 0 Å². The molecule has 0 aliphatic rings. The molecule has 9 heteroatoms. The Hall–Kier alpha value is -2.75. The third kappa shape index (κ3) is 5.00. The maximum Gasteiger partial charge on any atom is 0.240 e. The summed E-state index contributed by atoms with van der Waals surface area (Å²) < 4.78 is 36.9. The van der Waals surface area contributed by atoms with E-state index in [0.29, 0.717) is 17.0 Å². The minimum absolute atomic E-state index is 0.0497. The van der Waals surface area contributed by atoms with Gasteiger partial charge in [-0.05, 0) is 61.4 Å². The van der Waals surface area contributed by atoms with Crippen molar-refractivity contribution in [1.82, 2.24) is 9.88 Å². The fourth-order valence-electron chi connectivity index (χ4n) is 2.81. The van der Waals surface area contributed by atoms with Crippen molar-refractivity contribution in [2.75, 3.05) is 25.6 Å². The van der Waals surface area contributed by atoms with Gasteiger partial charge in [0.05, 0.1) is 17.9 Å². The SMILES string of the molecule is COCCNS(=O)(=O)c1ccc(NC(=O)Cc2noc3cc(C)c(C)cc23)cc1. The molecule has 2 aromatic carbocycles. The smallest absolute Gasteiger partial charge is 0.240 e. The summed E-state index contributed by atoms with van der Waals surface area (Å²) in [6.45, 7) is 4.44. The Labute approximate surface area is 169 Å². The molecule has 154 valence electrons. The number of benzene rings is 2. The Morgan fingerprint density at radius 1 is 1.14 bits per heavy atom. The van der Waals surface area contributed by atoms with Gasteiger partial charge >= 0.3 is 0 Å². The summed E-state index contributed by atoms with van der Waals surface area (Å²) in [7, 11) is -2.12. The largest absolute Gasteiger partial charge is 0.383 e. The number of fused-ring (bicyclic) bond motifs is 1. The van der Waals surface area contributed by atoms with Crippen LogP contribution >= 0.6 is 0 Å². The van der Waals surface area contributed by atoms with Gasteiger partial charge in [0, 0.05) is 24.7 Å². The quantitative estimate of drug-likeness (QED) is 0.545. The molecular formula is C20H23N3O5S. The van der Waals surface area contributed by atoms with Crippen LogP contribution in [-0.2, 0) is 26.0 Å². The molecule has 0 atom stereocenters. The van der Waals surface area contributed by atoms with E-state index in [4.69, 9.17) is 9.26 Å². The van der Waals surface area contributed by atoms with Gasteiger partial charge in [-0.1, -0.05) is 5.16 Å². The fourth-order valence-corrected chi connectivity index (χ4v) is 3.82. The van der Waals surface area contributed by atoms with E-state index in [9.17, 15) is 13.2 Å². The third-order valence-corrected chi connectivity index (χ3v) is 6.01. The molecule has 0 aliphatic heterocycles. The number of anilines is 1. The first-order chi connectivity index (χ1) is 13.8. The van der Waals surface area contributed by atoms with Gasteiger partial charge in [0.1, 0.15) is 5.69 Å². The van der Waals surface area contributed by atoms with Crippen LogP contribution in [-0.4, -0.2) is 39.7 Å². The summed E-state index contributed by atoms with van der Waals surface area (Å²) in [5.74, 6) is -0.271. The molecule has 0 unspecified atom stereocenters. The second kappa shape index (κ2) is 8.73. The number of nitrogens with zero attached hydrogens (tertiary/aromatic N) is 1. The molecular weight excluding hydrogens is 394 g/mol. The first-order valence-electron chi connectivity index (χ1n) is 9.04. The summed E-state index contributed by atoms with van der Waals surface area (Å²) in [6.07, 6.45) is 0.0497. The first kappa shape index (κ1) is 21.0. The van der Waals surface area contributed by atoms with E-state index in [2.05, 4.69) is 15.2 Å². The standard InChI is InChI=1S/C20H23N3O5S/c1-13-10-17-18(23-28-19(17)11-14(13)2)12-20(24)22-15-4-6-16(7-5-15)29(25,26)21-8-9-27-3/h4-7,10-11,21H,8-9,12H2,1-3H3,(H,22,24). The van der Waals surface area contributed by atoms with Crippen molar-refractivity contribution >= 4 is 32.6 Å². The van der Waals surface area contributed by atoms with E-state index < -0.39 is 10.0 Å². The second-order valence-electron chi connectivity index (χ2n) is 6.70. The lowest BCUT2D eigenvalue weighted by Gasteiger charge is -2.08. The topological polar surface area (TPSA) is 111 Å². The predicted molar refractivity (Wildman–Crippen MR) is 109 cm³/mol. The number of nitrogens with one attached hydrogen (secondary N) is 2. The molecule has 0 saturated carbocycles. The van der Waals surface area contributed by atoms with Gasteiger partial charge in [0.15, 0.2) is 5.58 Å². The number of ether oxygens (including phenoxy) is 1. The van der Waals surface area contributed by atoms with Crippen LogP contribution in [0.25, 0.3) is 11.0 Å². The van der Waals surface area contributed by atoms with Crippen LogP contribution in [0.3, 0.4) is 0 Å². The molecule has 1 amide bonds. The van der Waals surface area contributed by atoms with Crippen molar-refractivity contribution in [2.45, 2.75) is 25.2 Å². The van der Waals surface area contributed by atoms with Crippen LogP contribution in [0.2, 0.25) is 0 Å². The summed E-state index contributed by atoms with van der Waals surface area (Å²) in [5, 5.41) is 7.57. The van der Waals surface area contributed by atoms with Gasteiger partial charge in [0.2, 0.25) is 15.9 Å². The maximum atomic E-state index is 12.4. The monoisotopic (exact) mass is 417 g/mol. The molecule has 0 aliphatic carbocycles. The maximum absolute atomic E-state index is 12.4. The number of sulfonamides is 1. The number of aryl methyl sites for hydroxylation is 2. The molecule has 3 aromatic rings. The van der Waals surface area contributed by atoms with E-state index in [0.717, 1.165) is 16.5 Å². The zero-order chi connectivity index (χ0) is 21.0. The Morgan fingerprint density at radius 3 is 2.52 bits per heavy atom. The van der Waals surface area contributed by atoms with Gasteiger partial charge in [-0.15, -0.1) is 0 Å². The molecule has 0 radical (unpaired) electrons. The fraction of sp³-hybridized carbons (Fsp3) is 0.300. The van der Waals surface area contributed by atoms with Crippen LogP contribution in [0.4, 0.5) is 5.69 Å². The number of hydrogen-bond acceptors (Lipinski definition) is 6. The van der Waals surface area contributed by atoms with E-state index in [1.54, 1.807) is 0 Å². The minimum atomic E-state index is -3.62. The normalized spacial score (nSPS) is 11.7. The Kier molecular flexibility index (Phi) is 6.31. The summed E-state index contributed by atoms with van der Waals surface area (Å²) >= 11 is 0. The summed E-state index contributed by atoms with van der Waals surface area (Å²) in [6, 6.07) is 9.80. The van der Waals surface area contributed by atoms with Crippen molar-refractivity contribution in [3.8, 4) is 0 Å². The van der Waals surface area contributed by atoms with Gasteiger partial charge in [-0.3, -0.25) is 4.79 Å². The Morgan fingerprint density at radius 2 is 1.83 bits per heavy atom. The van der Waals surface area contributed by atoms with Gasteiger partial charge in [0.25, 0.3) is 0 Å². The highest BCUT2D eigenvalue weighted by molar-refractivity contribution is 7.89. The van der Waals surface area contributed by atoms with E-state index in [1.165, 1.54) is 31.4 Å². The van der Waals surface area contributed by atoms with Crippen LogP contribution < -0.4 is 10.0 Å². The molecule has 1 heterocycles. The molecule has 2 N–H and O–H groups in total. The van der Waals surface area contributed by atoms with Crippen molar-refractivity contribution in [3.63, 3.8) is 0 Å². The molecule has 0 bridgehead atoms. The average molecular weight is 417 g/mol. The number of carbonyl (C=O) groups is 1. The van der Waals surface area contributed by atoms with Gasteiger partial charge in [-0.25, -0.2) is 13.1 Å². The van der Waals surface area contributed by atoms with Crippen molar-refractivity contribution < 1.29 is 22.5 Å². The van der Waals surface area contributed by atoms with E-state index >= 15 is 0 Å². The number of hydrogen-bond donors (Lipinski definition) is 2. The van der Waals surface area contributed by atoms with Crippen molar-refractivity contribution in [1.29, 1.82) is 0 Å². The van der Waals surface area contributed by atoms with Crippen molar-refractivity contribution in [2.24, 2.45) is 0 Å². The van der Waals surface area contributed by atoms with E-state index in [-0.39, 0.29) is 30.4 Å². The third-order valence-electron chi connectivity index (χ3n) is 4.54. The molecule has 29 heavy (non-hydrogen) atoms. The molecule has 0 saturated heterocycles. The Bertz CT molecular complexity index is 1120. The minimum Gasteiger partial charge on any atom is -0.383 e. The summed E-state index contributed by atoms with van der Waals surface area (Å²) in [4.78, 5) is 12.5. The molecule has 0 fully saturated rings. The number of amides is 1. The average Bonchev–Trinajstić information content (AvgIpc) is 3.04. The molecule has 1 aromatic heterocycles. The molecule has 3 rings (SSSR count). The lowest BCUT2D eigenvalue weighted by molar-refractivity contribution is -0.115. The highest BCUT2D eigenvalue weighted by Crippen LogP contribution is 2.23. The first-order valence-corrected chi connectivity index (χ1v) is 10.5. The predicted octanol–water partition coefficient (Wildman–Crippen LogP) is 2.55. The van der Waals surface area contributed by atoms with Crippen LogP contribution in [0.15, 0.2) is 45.8 Å². The second-order valence-corrected chi connectivity index (χ2v) is 8.47. The highest BCUT2D eigenvalue weighted by Gasteiger charge is 2.15. The molecule has 0 spiro atoms. The highest BCUT2D eigenvalue weighted by atomic mass is 32.2. The summed E-state index contributed by atoms with van der Waals surface area (Å²) in [5.41, 5.74) is 3.88. The number of carbonyl (C=O) groups excluding carboxylic acids is 1. The van der Waals surface area contributed by atoms with Gasteiger partial charge < -0.3 is 14.6 Å². The van der Waals surface area contributed by atoms with Crippen molar-refractivity contribution in [3.05, 3.63) is 53.2 Å². The lowest BCUT2D eigenvalue weighted by Crippen LogP contribution is -2.27. The molecule has 8 nitrogen and oxygen atoms in total. The Balaban J connectivity index is 1.66. The van der Waals surface area contributed by atoms with Crippen LogP contribution in [0.5, 0.6) is 0 Å². The van der Waals surface area contributed by atoms with E-state index in [1.807, 2.05) is 26.0 Å². The van der Waals surface area contributed by atoms with Crippen LogP contribution in [0.1, 0.15) is 16.8 Å². The zero-order valence-electron chi connectivity index (χ0n) is 16.5. The number of methoxy groups -OCH3 is 1. The lowest BCUT2D eigenvalue weighted by atomic mass is 10.1. The number of aromatic nitrogens is 1. The number of rotatable bonds is 8. The zero-order valence-corrected chi connectivity index (χ0v) is 17.3.